The molecule has 0 aliphatic rings. The first-order chi connectivity index (χ1) is 8.58. The first kappa shape index (κ1) is 12.5. The van der Waals surface area contributed by atoms with Crippen LogP contribution in [0.25, 0.3) is 0 Å². The normalized spacial score (nSPS) is 10.2. The van der Waals surface area contributed by atoms with E-state index in [1.54, 1.807) is 25.4 Å². The average molecular weight is 265 g/mol. The third-order valence-electron chi connectivity index (χ3n) is 2.44. The van der Waals surface area contributed by atoms with Gasteiger partial charge in [0.2, 0.25) is 0 Å². The number of benzene rings is 1. The van der Waals surface area contributed by atoms with E-state index in [-0.39, 0.29) is 5.56 Å². The Morgan fingerprint density at radius 3 is 2.89 bits per heavy atom. The number of hydrogen-bond acceptors (Lipinski definition) is 2. The second-order valence-corrected chi connectivity index (χ2v) is 4.21. The van der Waals surface area contributed by atoms with Crippen molar-refractivity contribution in [2.24, 2.45) is 0 Å². The highest BCUT2D eigenvalue weighted by Gasteiger charge is 2.13. The number of pyridine rings is 1. The molecule has 1 amide bonds. The van der Waals surface area contributed by atoms with Crippen molar-refractivity contribution in [1.82, 2.24) is 4.98 Å². The van der Waals surface area contributed by atoms with Crippen molar-refractivity contribution in [1.29, 1.82) is 0 Å². The number of carbonyl (C=O) groups excluding carboxylic acids is 1. The number of nitrogens with one attached hydrogen (secondary N) is 1. The highest BCUT2D eigenvalue weighted by Crippen LogP contribution is 2.18. The second kappa shape index (κ2) is 5.14. The molecule has 1 N–H and O–H groups in total. The Labute approximate surface area is 109 Å². The topological polar surface area (TPSA) is 42.0 Å². The molecule has 0 atom stereocenters. The standard InChI is InChI=1S/C13H10ClFN2O/c1-8-7-16-5-4-12(8)17-13(18)10-6-9(14)2-3-11(10)15/h2-7H,1H3,(H,16,17,18). The minimum Gasteiger partial charge on any atom is -0.322 e. The molecular formula is C13H10ClFN2O. The lowest BCUT2D eigenvalue weighted by Crippen LogP contribution is -2.14. The molecule has 0 radical (unpaired) electrons. The molecule has 0 saturated carbocycles. The van der Waals surface area contributed by atoms with E-state index in [0.29, 0.717) is 10.7 Å². The number of aromatic nitrogens is 1. The Bertz CT molecular complexity index is 601. The molecule has 0 aliphatic carbocycles. The van der Waals surface area contributed by atoms with Crippen LogP contribution in [0.4, 0.5) is 10.1 Å². The third-order valence-corrected chi connectivity index (χ3v) is 2.68. The summed E-state index contributed by atoms with van der Waals surface area (Å²) < 4.78 is 13.5. The Morgan fingerprint density at radius 1 is 1.39 bits per heavy atom. The first-order valence-corrected chi connectivity index (χ1v) is 5.63. The van der Waals surface area contributed by atoms with Gasteiger partial charge in [-0.05, 0) is 36.8 Å². The molecule has 3 nitrogen and oxygen atoms in total. The molecule has 2 aromatic rings. The molecule has 0 saturated heterocycles. The van der Waals surface area contributed by atoms with E-state index >= 15 is 0 Å². The van der Waals surface area contributed by atoms with Gasteiger partial charge in [0.15, 0.2) is 0 Å². The van der Waals surface area contributed by atoms with Gasteiger partial charge in [-0.1, -0.05) is 11.6 Å². The summed E-state index contributed by atoms with van der Waals surface area (Å²) in [5.74, 6) is -1.15. The molecule has 1 aromatic heterocycles. The summed E-state index contributed by atoms with van der Waals surface area (Å²) in [5, 5.41) is 2.93. The van der Waals surface area contributed by atoms with Crippen LogP contribution in [0.2, 0.25) is 5.02 Å². The smallest absolute Gasteiger partial charge is 0.258 e. The summed E-state index contributed by atoms with van der Waals surface area (Å²) in [6, 6.07) is 5.50. The van der Waals surface area contributed by atoms with E-state index in [0.717, 1.165) is 11.6 Å². The van der Waals surface area contributed by atoms with Crippen molar-refractivity contribution < 1.29 is 9.18 Å². The predicted molar refractivity (Wildman–Crippen MR) is 68.3 cm³/mol. The molecule has 1 heterocycles. The van der Waals surface area contributed by atoms with Crippen LogP contribution in [0.1, 0.15) is 15.9 Å². The molecule has 92 valence electrons. The summed E-state index contributed by atoms with van der Waals surface area (Å²) in [6.45, 7) is 1.80. The number of nitrogens with zero attached hydrogens (tertiary/aromatic N) is 1. The highest BCUT2D eigenvalue weighted by atomic mass is 35.5. The molecule has 0 unspecified atom stereocenters. The summed E-state index contributed by atoms with van der Waals surface area (Å²) >= 11 is 5.74. The lowest BCUT2D eigenvalue weighted by atomic mass is 10.2. The number of carbonyl (C=O) groups is 1. The molecule has 0 bridgehead atoms. The third kappa shape index (κ3) is 2.65. The van der Waals surface area contributed by atoms with Crippen molar-refractivity contribution in [2.75, 3.05) is 5.32 Å². The van der Waals surface area contributed by atoms with Gasteiger partial charge < -0.3 is 5.32 Å². The van der Waals surface area contributed by atoms with Gasteiger partial charge in [0.25, 0.3) is 5.91 Å². The fourth-order valence-corrected chi connectivity index (χ4v) is 1.65. The summed E-state index contributed by atoms with van der Waals surface area (Å²) in [7, 11) is 0. The van der Waals surface area contributed by atoms with Crippen LogP contribution in [0, 0.1) is 12.7 Å². The number of amides is 1. The average Bonchev–Trinajstić information content (AvgIpc) is 2.35. The number of hydrogen-bond donors (Lipinski definition) is 1. The van der Waals surface area contributed by atoms with E-state index in [2.05, 4.69) is 10.3 Å². The summed E-state index contributed by atoms with van der Waals surface area (Å²) in [6.07, 6.45) is 3.17. The lowest BCUT2D eigenvalue weighted by Gasteiger charge is -2.08. The zero-order chi connectivity index (χ0) is 13.1. The van der Waals surface area contributed by atoms with Gasteiger partial charge in [0.05, 0.1) is 5.56 Å². The maximum Gasteiger partial charge on any atom is 0.258 e. The van der Waals surface area contributed by atoms with Gasteiger partial charge in [0, 0.05) is 23.1 Å². The van der Waals surface area contributed by atoms with Crippen molar-refractivity contribution in [3.8, 4) is 0 Å². The molecule has 0 fully saturated rings. The van der Waals surface area contributed by atoms with Crippen LogP contribution in [0.15, 0.2) is 36.7 Å². The molecule has 5 heteroatoms. The SMILES string of the molecule is Cc1cnccc1NC(=O)c1cc(Cl)ccc1F. The van der Waals surface area contributed by atoms with Crippen molar-refractivity contribution in [3.05, 3.63) is 58.6 Å². The minimum absolute atomic E-state index is 0.0845. The van der Waals surface area contributed by atoms with Gasteiger partial charge >= 0.3 is 0 Å². The molecule has 18 heavy (non-hydrogen) atoms. The van der Waals surface area contributed by atoms with Crippen molar-refractivity contribution in [2.45, 2.75) is 6.92 Å². The Balaban J connectivity index is 2.28. The molecular weight excluding hydrogens is 255 g/mol. The maximum absolute atomic E-state index is 13.5. The van der Waals surface area contributed by atoms with Gasteiger partial charge in [0.1, 0.15) is 5.82 Å². The minimum atomic E-state index is -0.608. The van der Waals surface area contributed by atoms with Crippen LogP contribution < -0.4 is 5.32 Å². The van der Waals surface area contributed by atoms with Crippen LogP contribution >= 0.6 is 11.6 Å². The van der Waals surface area contributed by atoms with Gasteiger partial charge in [-0.3, -0.25) is 9.78 Å². The zero-order valence-electron chi connectivity index (χ0n) is 9.58. The lowest BCUT2D eigenvalue weighted by molar-refractivity contribution is 0.102. The highest BCUT2D eigenvalue weighted by molar-refractivity contribution is 6.31. The van der Waals surface area contributed by atoms with E-state index < -0.39 is 11.7 Å². The number of aryl methyl sites for hydroxylation is 1. The van der Waals surface area contributed by atoms with Gasteiger partial charge in [-0.25, -0.2) is 4.39 Å². The van der Waals surface area contributed by atoms with Crippen molar-refractivity contribution in [3.63, 3.8) is 0 Å². The van der Waals surface area contributed by atoms with E-state index in [4.69, 9.17) is 11.6 Å². The largest absolute Gasteiger partial charge is 0.322 e. The maximum atomic E-state index is 13.5. The van der Waals surface area contributed by atoms with Gasteiger partial charge in [-0.15, -0.1) is 0 Å². The van der Waals surface area contributed by atoms with E-state index in [1.165, 1.54) is 12.1 Å². The number of anilines is 1. The quantitative estimate of drug-likeness (QED) is 0.903. The molecule has 0 aliphatic heterocycles. The number of rotatable bonds is 2. The van der Waals surface area contributed by atoms with Crippen molar-refractivity contribution >= 4 is 23.2 Å². The first-order valence-electron chi connectivity index (χ1n) is 5.25. The Hall–Kier alpha value is -1.94. The monoisotopic (exact) mass is 264 g/mol. The Morgan fingerprint density at radius 2 is 2.17 bits per heavy atom. The predicted octanol–water partition coefficient (Wildman–Crippen LogP) is 3.43. The molecule has 2 rings (SSSR count). The molecule has 0 spiro atoms. The number of halogens is 2. The fourth-order valence-electron chi connectivity index (χ4n) is 1.47. The van der Waals surface area contributed by atoms with E-state index in [9.17, 15) is 9.18 Å². The van der Waals surface area contributed by atoms with Crippen LogP contribution in [-0.2, 0) is 0 Å². The van der Waals surface area contributed by atoms with Gasteiger partial charge in [-0.2, -0.15) is 0 Å². The second-order valence-electron chi connectivity index (χ2n) is 3.77. The molecule has 1 aromatic carbocycles. The summed E-state index contributed by atoms with van der Waals surface area (Å²) in [5.41, 5.74) is 1.31. The summed E-state index contributed by atoms with van der Waals surface area (Å²) in [4.78, 5) is 15.8. The van der Waals surface area contributed by atoms with Crippen LogP contribution in [0.5, 0.6) is 0 Å². The zero-order valence-corrected chi connectivity index (χ0v) is 10.3. The van der Waals surface area contributed by atoms with Crippen LogP contribution in [-0.4, -0.2) is 10.9 Å². The fraction of sp³-hybridized carbons (Fsp3) is 0.0769. The van der Waals surface area contributed by atoms with E-state index in [1.807, 2.05) is 0 Å². The van der Waals surface area contributed by atoms with Crippen LogP contribution in [0.3, 0.4) is 0 Å². The Kier molecular flexibility index (Phi) is 3.58.